The van der Waals surface area contributed by atoms with E-state index in [1.165, 1.54) is 32.4 Å². The van der Waals surface area contributed by atoms with E-state index in [2.05, 4.69) is 20.1 Å². The van der Waals surface area contributed by atoms with Gasteiger partial charge in [0.2, 0.25) is 0 Å². The third kappa shape index (κ3) is 3.84. The summed E-state index contributed by atoms with van der Waals surface area (Å²) in [7, 11) is 0. The van der Waals surface area contributed by atoms with Crippen molar-refractivity contribution in [2.24, 2.45) is 0 Å². The van der Waals surface area contributed by atoms with Crippen LogP contribution in [0.3, 0.4) is 0 Å². The Kier molecular flexibility index (Phi) is 5.40. The minimum atomic E-state index is 0.146. The van der Waals surface area contributed by atoms with Crippen molar-refractivity contribution in [2.45, 2.75) is 31.7 Å². The van der Waals surface area contributed by atoms with Gasteiger partial charge in [0, 0.05) is 43.6 Å². The molecular formula is C17H26N4O. The van der Waals surface area contributed by atoms with E-state index in [9.17, 15) is 4.79 Å². The highest BCUT2D eigenvalue weighted by Gasteiger charge is 2.27. The molecule has 2 saturated heterocycles. The normalized spacial score (nSPS) is 22.6. The zero-order valence-electron chi connectivity index (χ0n) is 13.2. The Labute approximate surface area is 132 Å². The van der Waals surface area contributed by atoms with Crippen molar-refractivity contribution in [2.75, 3.05) is 39.3 Å². The number of likely N-dealkylation sites (tertiary alicyclic amines) is 1. The molecule has 0 bridgehead atoms. The highest BCUT2D eigenvalue weighted by atomic mass is 16.2. The van der Waals surface area contributed by atoms with Gasteiger partial charge in [-0.2, -0.15) is 0 Å². The highest BCUT2D eigenvalue weighted by molar-refractivity contribution is 5.94. The van der Waals surface area contributed by atoms with Gasteiger partial charge in [-0.15, -0.1) is 0 Å². The lowest BCUT2D eigenvalue weighted by Gasteiger charge is -2.33. The molecule has 1 aromatic heterocycles. The first-order chi connectivity index (χ1) is 10.8. The number of hydrogen-bond donors (Lipinski definition) is 1. The summed E-state index contributed by atoms with van der Waals surface area (Å²) in [5, 5.41) is 3.38. The van der Waals surface area contributed by atoms with Crippen molar-refractivity contribution in [1.29, 1.82) is 0 Å². The zero-order chi connectivity index (χ0) is 15.2. The molecule has 1 unspecified atom stereocenters. The van der Waals surface area contributed by atoms with Crippen LogP contribution in [0, 0.1) is 0 Å². The molecule has 0 aliphatic carbocycles. The van der Waals surface area contributed by atoms with Gasteiger partial charge in [-0.25, -0.2) is 0 Å². The van der Waals surface area contributed by atoms with Crippen molar-refractivity contribution in [3.8, 4) is 0 Å². The summed E-state index contributed by atoms with van der Waals surface area (Å²) in [5.74, 6) is 0.146. The Morgan fingerprint density at radius 3 is 2.73 bits per heavy atom. The second-order valence-corrected chi connectivity index (χ2v) is 6.28. The van der Waals surface area contributed by atoms with Crippen molar-refractivity contribution in [3.63, 3.8) is 0 Å². The average molecular weight is 302 g/mol. The van der Waals surface area contributed by atoms with E-state index in [1.54, 1.807) is 12.4 Å². The largest absolute Gasteiger partial charge is 0.333 e. The van der Waals surface area contributed by atoms with Gasteiger partial charge in [0.1, 0.15) is 0 Å². The summed E-state index contributed by atoms with van der Waals surface area (Å²) in [6, 6.07) is 3.96. The van der Waals surface area contributed by atoms with Gasteiger partial charge in [0.05, 0.1) is 0 Å². The molecule has 2 aliphatic heterocycles. The van der Waals surface area contributed by atoms with Crippen LogP contribution in [-0.2, 0) is 0 Å². The predicted molar refractivity (Wildman–Crippen MR) is 86.8 cm³/mol. The molecule has 0 spiro atoms. The molecule has 5 nitrogen and oxygen atoms in total. The van der Waals surface area contributed by atoms with Crippen molar-refractivity contribution < 1.29 is 4.79 Å². The minimum absolute atomic E-state index is 0.146. The number of hydrogen-bond acceptors (Lipinski definition) is 4. The molecule has 3 heterocycles. The third-order valence-corrected chi connectivity index (χ3v) is 4.77. The first kappa shape index (κ1) is 15.4. The quantitative estimate of drug-likeness (QED) is 0.892. The first-order valence-corrected chi connectivity index (χ1v) is 8.48. The lowest BCUT2D eigenvalue weighted by atomic mass is 10.1. The lowest BCUT2D eigenvalue weighted by Crippen LogP contribution is -2.46. The van der Waals surface area contributed by atoms with Crippen LogP contribution >= 0.6 is 0 Å². The predicted octanol–water partition coefficient (Wildman–Crippen LogP) is 1.37. The van der Waals surface area contributed by atoms with E-state index in [1.807, 2.05) is 12.1 Å². The highest BCUT2D eigenvalue weighted by Crippen LogP contribution is 2.15. The average Bonchev–Trinajstić information content (AvgIpc) is 3.11. The van der Waals surface area contributed by atoms with Gasteiger partial charge in [-0.3, -0.25) is 9.78 Å². The molecule has 1 N–H and O–H groups in total. The fourth-order valence-corrected chi connectivity index (χ4v) is 3.45. The molecule has 120 valence electrons. The molecular weight excluding hydrogens is 276 g/mol. The summed E-state index contributed by atoms with van der Waals surface area (Å²) in [6.45, 7) is 6.10. The van der Waals surface area contributed by atoms with Gasteiger partial charge in [0.15, 0.2) is 0 Å². The molecule has 1 atom stereocenters. The smallest absolute Gasteiger partial charge is 0.254 e. The monoisotopic (exact) mass is 302 g/mol. The van der Waals surface area contributed by atoms with E-state index in [4.69, 9.17) is 0 Å². The van der Waals surface area contributed by atoms with E-state index in [0.29, 0.717) is 6.04 Å². The second kappa shape index (κ2) is 7.70. The number of nitrogens with zero attached hydrogens (tertiary/aromatic N) is 3. The zero-order valence-corrected chi connectivity index (χ0v) is 13.2. The Bertz CT molecular complexity index is 467. The van der Waals surface area contributed by atoms with Crippen molar-refractivity contribution in [1.82, 2.24) is 20.1 Å². The molecule has 0 saturated carbocycles. The van der Waals surface area contributed by atoms with Crippen molar-refractivity contribution >= 4 is 5.91 Å². The lowest BCUT2D eigenvalue weighted by molar-refractivity contribution is 0.0659. The SMILES string of the molecule is O=C(c1ccncc1)N(CCN1CCCCC1)C1CCNC1. The number of pyridine rings is 1. The Morgan fingerprint density at radius 2 is 2.05 bits per heavy atom. The fourth-order valence-electron chi connectivity index (χ4n) is 3.45. The molecule has 0 aromatic carbocycles. The van der Waals surface area contributed by atoms with Gasteiger partial charge < -0.3 is 15.1 Å². The fraction of sp³-hybridized carbons (Fsp3) is 0.647. The van der Waals surface area contributed by atoms with Gasteiger partial charge in [-0.05, 0) is 51.0 Å². The van der Waals surface area contributed by atoms with E-state index in [-0.39, 0.29) is 5.91 Å². The van der Waals surface area contributed by atoms with E-state index >= 15 is 0 Å². The Morgan fingerprint density at radius 1 is 1.27 bits per heavy atom. The van der Waals surface area contributed by atoms with E-state index < -0.39 is 0 Å². The number of amides is 1. The topological polar surface area (TPSA) is 48.5 Å². The van der Waals surface area contributed by atoms with Gasteiger partial charge in [0.25, 0.3) is 5.91 Å². The molecule has 3 rings (SSSR count). The number of piperidine rings is 1. The Balaban J connectivity index is 1.65. The maximum atomic E-state index is 12.9. The second-order valence-electron chi connectivity index (χ2n) is 6.28. The van der Waals surface area contributed by atoms with Crippen LogP contribution in [-0.4, -0.2) is 66.0 Å². The summed E-state index contributed by atoms with van der Waals surface area (Å²) >= 11 is 0. The number of aromatic nitrogens is 1. The minimum Gasteiger partial charge on any atom is -0.333 e. The van der Waals surface area contributed by atoms with Crippen molar-refractivity contribution in [3.05, 3.63) is 30.1 Å². The molecule has 0 radical (unpaired) electrons. The molecule has 2 fully saturated rings. The molecule has 1 aromatic rings. The van der Waals surface area contributed by atoms with Gasteiger partial charge >= 0.3 is 0 Å². The summed E-state index contributed by atoms with van der Waals surface area (Å²) in [5.41, 5.74) is 0.751. The summed E-state index contributed by atoms with van der Waals surface area (Å²) in [6.07, 6.45) is 8.39. The van der Waals surface area contributed by atoms with Crippen LogP contribution in [0.4, 0.5) is 0 Å². The third-order valence-electron chi connectivity index (χ3n) is 4.77. The van der Waals surface area contributed by atoms with Crippen LogP contribution in [0.2, 0.25) is 0 Å². The number of carbonyl (C=O) groups is 1. The van der Waals surface area contributed by atoms with Crippen LogP contribution in [0.5, 0.6) is 0 Å². The maximum Gasteiger partial charge on any atom is 0.254 e. The molecule has 1 amide bonds. The maximum absolute atomic E-state index is 12.9. The van der Waals surface area contributed by atoms with Crippen LogP contribution < -0.4 is 5.32 Å². The molecule has 5 heteroatoms. The molecule has 2 aliphatic rings. The number of nitrogens with one attached hydrogen (secondary N) is 1. The standard InChI is InChI=1S/C17H26N4O/c22-17(15-4-7-18-8-5-15)21(16-6-9-19-14-16)13-12-20-10-2-1-3-11-20/h4-5,7-8,16,19H,1-3,6,9-14H2. The van der Waals surface area contributed by atoms with Crippen LogP contribution in [0.25, 0.3) is 0 Å². The summed E-state index contributed by atoms with van der Waals surface area (Å²) in [4.78, 5) is 21.4. The molecule has 22 heavy (non-hydrogen) atoms. The number of rotatable bonds is 5. The first-order valence-electron chi connectivity index (χ1n) is 8.48. The Hall–Kier alpha value is -1.46. The number of carbonyl (C=O) groups excluding carboxylic acids is 1. The van der Waals surface area contributed by atoms with Gasteiger partial charge in [-0.1, -0.05) is 6.42 Å². The summed E-state index contributed by atoms with van der Waals surface area (Å²) < 4.78 is 0. The van der Waals surface area contributed by atoms with Crippen LogP contribution in [0.1, 0.15) is 36.0 Å². The van der Waals surface area contributed by atoms with E-state index in [0.717, 1.165) is 38.2 Å². The van der Waals surface area contributed by atoms with Crippen LogP contribution in [0.15, 0.2) is 24.5 Å².